The van der Waals surface area contributed by atoms with E-state index < -0.39 is 211 Å². The monoisotopic (exact) mass is 1020 g/mol. The quantitative estimate of drug-likeness (QED) is 0.107. The molecule has 0 fully saturated rings. The molecule has 5 nitrogen and oxygen atoms in total. The van der Waals surface area contributed by atoms with Gasteiger partial charge in [-0.25, -0.2) is 92.8 Å². The van der Waals surface area contributed by atoms with Crippen LogP contribution in [0, 0.1) is 116 Å². The minimum absolute atomic E-state index is 0.259. The summed E-state index contributed by atoms with van der Waals surface area (Å²) in [5.41, 5.74) is -19.5. The average molecular weight is 1020 g/mol. The van der Waals surface area contributed by atoms with Crippen LogP contribution in [0.2, 0.25) is 0 Å². The van der Waals surface area contributed by atoms with E-state index in [-0.39, 0.29) is 4.90 Å². The third kappa shape index (κ3) is 6.71. The minimum Gasteiger partial charge on any atom is -0.354 e. The summed E-state index contributed by atoms with van der Waals surface area (Å²) in [5, 5.41) is -2.09. The lowest BCUT2D eigenvalue weighted by Gasteiger charge is -2.20. The molecule has 0 saturated heterocycles. The van der Waals surface area contributed by atoms with Crippen LogP contribution in [0.5, 0.6) is 0 Å². The van der Waals surface area contributed by atoms with Crippen LogP contribution in [-0.2, 0) is 11.8 Å². The maximum atomic E-state index is 16.1. The number of nitrogens with zero attached hydrogens (tertiary/aromatic N) is 3. The summed E-state index contributed by atoms with van der Waals surface area (Å²) in [6.07, 6.45) is 2.16. The zero-order valence-electron chi connectivity index (χ0n) is 34.4. The molecule has 0 unspecified atom stereocenters. The van der Waals surface area contributed by atoms with Gasteiger partial charge in [-0.1, -0.05) is 0 Å². The number of hydrogen-bond donors (Lipinski definition) is 1. The van der Waals surface area contributed by atoms with Crippen LogP contribution < -0.4 is 10.7 Å². The largest absolute Gasteiger partial charge is 0.354 e. The first-order valence-corrected chi connectivity index (χ1v) is 19.3. The third-order valence-corrected chi connectivity index (χ3v) is 11.5. The average Bonchev–Trinajstić information content (AvgIpc) is 4.17. The normalized spacial score (nSPS) is 14.8. The van der Waals surface area contributed by atoms with Gasteiger partial charge in [0.25, 0.3) is 5.91 Å². The molecule has 8 bridgehead atoms. The number of hydrogen-bond acceptors (Lipinski definition) is 2. The lowest BCUT2D eigenvalue weighted by atomic mass is 9.93. The van der Waals surface area contributed by atoms with Gasteiger partial charge in [0.05, 0.1) is 50.6 Å². The highest BCUT2D eigenvalue weighted by molar-refractivity contribution is 6.30. The van der Waals surface area contributed by atoms with Gasteiger partial charge in [0.15, 0.2) is 93.1 Å². The highest BCUT2D eigenvalue weighted by Crippen LogP contribution is 2.45. The summed E-state index contributed by atoms with van der Waals surface area (Å²) < 4.78 is 307. The molecule has 3 aliphatic heterocycles. The zero-order valence-corrected chi connectivity index (χ0v) is 34.4. The van der Waals surface area contributed by atoms with Gasteiger partial charge in [-0.3, -0.25) is 4.79 Å². The maximum Gasteiger partial charge on any atom is 0.258 e. The van der Waals surface area contributed by atoms with Crippen molar-refractivity contribution in [1.82, 2.24) is 14.5 Å². The number of H-pyrrole nitrogens is 1. The van der Waals surface area contributed by atoms with Crippen LogP contribution in [0.15, 0.2) is 64.6 Å². The Morgan fingerprint density at radius 3 is 1.21 bits per heavy atom. The summed E-state index contributed by atoms with van der Waals surface area (Å²) in [7, 11) is 1.53. The first-order chi connectivity index (χ1) is 33.3. The van der Waals surface area contributed by atoms with Gasteiger partial charge in [0, 0.05) is 58.8 Å². The number of aliphatic imine (C=N–C) groups is 1. The van der Waals surface area contributed by atoms with Gasteiger partial charge < -0.3 is 14.5 Å². The van der Waals surface area contributed by atoms with Crippen LogP contribution >= 0.6 is 0 Å². The fraction of sp³-hybridized carbons (Fsp3) is 0.0435. The van der Waals surface area contributed by atoms with Crippen molar-refractivity contribution in [3.63, 3.8) is 0 Å². The van der Waals surface area contributed by atoms with Crippen molar-refractivity contribution in [3.05, 3.63) is 220 Å². The fourth-order valence-corrected chi connectivity index (χ4v) is 8.20. The molecule has 2 aromatic heterocycles. The molecular weight excluding hydrogens is 1000 g/mol. The molecule has 0 radical (unpaired) electrons. The second kappa shape index (κ2) is 16.5. The van der Waals surface area contributed by atoms with Gasteiger partial charge in [0.1, 0.15) is 0 Å². The van der Waals surface area contributed by atoms with Crippen molar-refractivity contribution in [2.75, 3.05) is 7.05 Å². The number of amides is 1. The van der Waals surface area contributed by atoms with E-state index in [0.717, 1.165) is 7.05 Å². The highest BCUT2D eigenvalue weighted by Gasteiger charge is 2.41. The number of aryl methyl sites for hydroxylation is 1. The molecule has 0 saturated carbocycles. The molecule has 71 heavy (non-hydrogen) atoms. The van der Waals surface area contributed by atoms with Crippen LogP contribution in [-0.4, -0.2) is 33.1 Å². The number of nitrogens with one attached hydrogen (secondary N) is 1. The topological polar surface area (TPSA) is 53.4 Å². The van der Waals surface area contributed by atoms with Gasteiger partial charge in [0.2, 0.25) is 23.3 Å². The molecule has 6 aromatic rings. The Labute approximate surface area is 379 Å². The number of likely N-dealkylation sites (N-methyl/N-ethyl adjacent to an activating group) is 1. The zero-order chi connectivity index (χ0) is 51.9. The molecule has 9 rings (SSSR count). The number of halogens is 20. The number of rotatable bonds is 4. The smallest absolute Gasteiger partial charge is 0.258 e. The number of aromatic nitrogens is 2. The second-order valence-corrected chi connectivity index (χ2v) is 15.3. The summed E-state index contributed by atoms with van der Waals surface area (Å²) in [5.74, 6) is -55.2. The minimum atomic E-state index is -2.77. The number of carbonyl (C=O) groups excluding carboxylic acids is 1. The Balaban J connectivity index is 1.59. The van der Waals surface area contributed by atoms with Crippen molar-refractivity contribution in [2.45, 2.75) is 0 Å². The molecular formula is C46H14F20N4O. The van der Waals surface area contributed by atoms with E-state index in [9.17, 15) is 22.4 Å². The molecule has 0 aliphatic carbocycles. The number of fused-ring (bicyclic) bond motifs is 6. The Kier molecular flexibility index (Phi) is 11.1. The lowest BCUT2D eigenvalue weighted by molar-refractivity contribution is -0.122. The summed E-state index contributed by atoms with van der Waals surface area (Å²) in [6, 6.07) is 1.63. The first-order valence-electron chi connectivity index (χ1n) is 19.3. The van der Waals surface area contributed by atoms with Crippen LogP contribution in [0.25, 0.3) is 22.3 Å². The van der Waals surface area contributed by atoms with E-state index in [1.165, 1.54) is 0 Å². The highest BCUT2D eigenvalue weighted by atomic mass is 19.2. The van der Waals surface area contributed by atoms with E-state index in [1.807, 2.05) is 0 Å². The van der Waals surface area contributed by atoms with E-state index in [2.05, 4.69) is 9.98 Å². The van der Waals surface area contributed by atoms with Crippen molar-refractivity contribution >= 4 is 33.9 Å². The molecule has 5 heterocycles. The molecule has 1 N–H and O–H groups in total. The van der Waals surface area contributed by atoms with Crippen LogP contribution in [0.1, 0.15) is 33.5 Å². The summed E-state index contributed by atoms with van der Waals surface area (Å²) in [4.78, 5) is 20.8. The number of allylic oxidation sites excluding steroid dienone is 3. The van der Waals surface area contributed by atoms with E-state index in [0.29, 0.717) is 54.2 Å². The third-order valence-electron chi connectivity index (χ3n) is 11.5. The van der Waals surface area contributed by atoms with Gasteiger partial charge in [-0.2, -0.15) is 0 Å². The first kappa shape index (κ1) is 47.9. The standard InChI is InChI=1S/C46H14F20N4O/c1-69-9-10-7-16(69)21(25-32(53)40(61)45(66)41(62)33(25)54)17-8-11(46(71)70(17)2)19(23-28(49)36(57)43(64)37(58)29(23)50)13-4-6-15(68-13)20(24-30(51)38(59)44(65)39(60)31(24)52)14-5-3-12(67-14)18(10)22-26(47)34(55)42(63)35(56)27(22)48/h3-9,68H,1-2H3. The summed E-state index contributed by atoms with van der Waals surface area (Å²) >= 11 is 0. The molecule has 364 valence electrons. The van der Waals surface area contributed by atoms with E-state index >= 15 is 70.2 Å². The molecule has 25 heteroatoms. The maximum absolute atomic E-state index is 16.1. The van der Waals surface area contributed by atoms with Gasteiger partial charge in [-0.05, 0) is 36.4 Å². The summed E-state index contributed by atoms with van der Waals surface area (Å²) in [6.45, 7) is 0. The van der Waals surface area contributed by atoms with Gasteiger partial charge >= 0.3 is 0 Å². The van der Waals surface area contributed by atoms with Crippen molar-refractivity contribution in [2.24, 2.45) is 12.0 Å². The van der Waals surface area contributed by atoms with Crippen molar-refractivity contribution in [3.8, 4) is 0 Å². The Hall–Kier alpha value is -8.12. The van der Waals surface area contributed by atoms with Gasteiger partial charge in [-0.15, -0.1) is 0 Å². The Bertz CT molecular complexity index is 3700. The number of aromatic amines is 1. The second-order valence-electron chi connectivity index (χ2n) is 15.3. The molecule has 0 atom stereocenters. The number of benzene rings is 4. The molecule has 4 aromatic carbocycles. The van der Waals surface area contributed by atoms with Crippen LogP contribution in [0.3, 0.4) is 0 Å². The molecule has 3 aliphatic rings. The molecule has 1 amide bonds. The van der Waals surface area contributed by atoms with Crippen LogP contribution in [0.4, 0.5) is 87.8 Å². The Morgan fingerprint density at radius 2 is 0.789 bits per heavy atom. The SMILES string of the molecule is CN1C(=O)C2=CC1=C(c1c(F)c(F)c(F)c(F)c1F)c1cc(cn1C)C(c1c(F)c(F)c(F)c(F)c1F)=C1C=CC(=N1)C(c1c(F)c(F)c(F)c(F)c1F)=c1ccc([nH]1)=C2c1c(F)c(F)c(F)c(F)c1F. The Morgan fingerprint density at radius 1 is 0.437 bits per heavy atom. The molecule has 0 spiro atoms. The predicted molar refractivity (Wildman–Crippen MR) is 205 cm³/mol. The van der Waals surface area contributed by atoms with Crippen molar-refractivity contribution in [1.29, 1.82) is 0 Å². The lowest BCUT2D eigenvalue weighted by Crippen LogP contribution is -2.26. The van der Waals surface area contributed by atoms with E-state index in [4.69, 9.17) is 0 Å². The number of carbonyl (C=O) groups is 1. The predicted octanol–water partition coefficient (Wildman–Crippen LogP) is 10.2. The van der Waals surface area contributed by atoms with E-state index in [1.54, 1.807) is 0 Å². The fourth-order valence-electron chi connectivity index (χ4n) is 8.20. The van der Waals surface area contributed by atoms with Crippen molar-refractivity contribution < 1.29 is 92.6 Å².